The molecule has 1 aromatic heterocycles. The maximum Gasteiger partial charge on any atom is 0.435 e. The molecule has 0 saturated heterocycles. The molecular weight excluding hydrogens is 374 g/mol. The summed E-state index contributed by atoms with van der Waals surface area (Å²) < 4.78 is 79.1. The molecule has 0 atom stereocenters. The van der Waals surface area contributed by atoms with Crippen LogP contribution in [0.2, 0.25) is 0 Å². The van der Waals surface area contributed by atoms with Crippen LogP contribution in [0.1, 0.15) is 21.6 Å². The zero-order valence-electron chi connectivity index (χ0n) is 13.3. The number of fused-ring (bicyclic) bond motifs is 1. The summed E-state index contributed by atoms with van der Waals surface area (Å²) in [6.07, 6.45) is -9.48. The quantitative estimate of drug-likeness (QED) is 0.352. The number of hydrogen-bond donors (Lipinski definition) is 1. The van der Waals surface area contributed by atoms with Crippen LogP contribution in [0.25, 0.3) is 10.9 Å². The van der Waals surface area contributed by atoms with Crippen molar-refractivity contribution in [1.29, 1.82) is 0 Å². The number of rotatable bonds is 3. The number of H-pyrrole nitrogens is 1. The molecule has 140 valence electrons. The summed E-state index contributed by atoms with van der Waals surface area (Å²) in [5, 5.41) is 0.253. The molecular formula is C18H10F6N2O. The fraction of sp³-hybridized carbons (Fsp3) is 0.111. The highest BCUT2D eigenvalue weighted by atomic mass is 19.4. The van der Waals surface area contributed by atoms with Crippen molar-refractivity contribution in [3.8, 4) is 0 Å². The Labute approximate surface area is 148 Å². The third-order valence-electron chi connectivity index (χ3n) is 3.78. The fourth-order valence-corrected chi connectivity index (χ4v) is 2.61. The van der Waals surface area contributed by atoms with Crippen LogP contribution in [0.15, 0.2) is 53.5 Å². The molecule has 3 aromatic rings. The van der Waals surface area contributed by atoms with Crippen LogP contribution in [0.5, 0.6) is 0 Å². The second-order valence-electron chi connectivity index (χ2n) is 5.58. The van der Waals surface area contributed by atoms with Crippen molar-refractivity contribution in [3.63, 3.8) is 0 Å². The Morgan fingerprint density at radius 2 is 1.67 bits per heavy atom. The fourth-order valence-electron chi connectivity index (χ4n) is 2.61. The van der Waals surface area contributed by atoms with Crippen molar-refractivity contribution in [2.75, 3.05) is 0 Å². The Balaban J connectivity index is 2.23. The molecule has 0 radical (unpaired) electrons. The molecule has 0 amide bonds. The topological polar surface area (TPSA) is 45.2 Å². The molecule has 0 aliphatic rings. The van der Waals surface area contributed by atoms with Gasteiger partial charge in [0.15, 0.2) is 12.0 Å². The van der Waals surface area contributed by atoms with Gasteiger partial charge < -0.3 is 4.98 Å². The molecule has 3 nitrogen and oxygen atoms in total. The van der Waals surface area contributed by atoms with E-state index in [1.807, 2.05) is 0 Å². The monoisotopic (exact) mass is 384 g/mol. The third kappa shape index (κ3) is 3.71. The summed E-state index contributed by atoms with van der Waals surface area (Å²) in [5.74, 6) is 0. The zero-order chi connectivity index (χ0) is 19.8. The summed E-state index contributed by atoms with van der Waals surface area (Å²) in [4.78, 5) is 17.2. The molecule has 0 aliphatic heterocycles. The third-order valence-corrected chi connectivity index (χ3v) is 3.78. The molecule has 0 unspecified atom stereocenters. The Hall–Kier alpha value is -3.10. The van der Waals surface area contributed by atoms with Gasteiger partial charge in [-0.25, -0.2) is 4.99 Å². The highest BCUT2D eigenvalue weighted by molar-refractivity contribution is 6.14. The van der Waals surface area contributed by atoms with Crippen molar-refractivity contribution in [2.45, 2.75) is 12.4 Å². The largest absolute Gasteiger partial charge is 0.435 e. The van der Waals surface area contributed by atoms with E-state index in [1.54, 1.807) is 12.1 Å². The molecule has 3 rings (SSSR count). The SMILES string of the molecule is O=Cc1c(C(=Nc2cccc(C(F)(F)F)c2)C(F)(F)F)[nH]c2ccccc12. The van der Waals surface area contributed by atoms with Crippen LogP contribution >= 0.6 is 0 Å². The van der Waals surface area contributed by atoms with E-state index in [0.29, 0.717) is 6.07 Å². The Kier molecular flexibility index (Phi) is 4.54. The minimum atomic E-state index is -5.01. The van der Waals surface area contributed by atoms with E-state index >= 15 is 0 Å². The van der Waals surface area contributed by atoms with E-state index < -0.39 is 35.0 Å². The lowest BCUT2D eigenvalue weighted by molar-refractivity contribution is -0.137. The molecule has 0 saturated carbocycles. The summed E-state index contributed by atoms with van der Waals surface area (Å²) in [6.45, 7) is 0. The molecule has 27 heavy (non-hydrogen) atoms. The number of aldehydes is 1. The lowest BCUT2D eigenvalue weighted by atomic mass is 10.1. The van der Waals surface area contributed by atoms with Crippen LogP contribution in [0.4, 0.5) is 32.0 Å². The number of carbonyl (C=O) groups excluding carboxylic acids is 1. The summed E-state index contributed by atoms with van der Waals surface area (Å²) in [6, 6.07) is 9.26. The van der Waals surface area contributed by atoms with Crippen molar-refractivity contribution >= 4 is 28.6 Å². The van der Waals surface area contributed by atoms with Crippen LogP contribution < -0.4 is 0 Å². The van der Waals surface area contributed by atoms with Gasteiger partial charge in [0.05, 0.1) is 16.9 Å². The summed E-state index contributed by atoms with van der Waals surface area (Å²) >= 11 is 0. The number of carbonyl (C=O) groups is 1. The van der Waals surface area contributed by atoms with Crippen LogP contribution in [0, 0.1) is 0 Å². The first-order valence-corrected chi connectivity index (χ1v) is 7.50. The van der Waals surface area contributed by atoms with Gasteiger partial charge in [0, 0.05) is 16.5 Å². The van der Waals surface area contributed by atoms with Gasteiger partial charge >= 0.3 is 12.4 Å². The summed E-state index contributed by atoms with van der Waals surface area (Å²) in [7, 11) is 0. The van der Waals surface area contributed by atoms with Crippen LogP contribution in [-0.4, -0.2) is 23.2 Å². The first kappa shape index (κ1) is 18.7. The van der Waals surface area contributed by atoms with Gasteiger partial charge in [-0.15, -0.1) is 0 Å². The van der Waals surface area contributed by atoms with E-state index in [2.05, 4.69) is 9.98 Å². The molecule has 0 spiro atoms. The minimum Gasteiger partial charge on any atom is -0.353 e. The molecule has 9 heteroatoms. The lowest BCUT2D eigenvalue weighted by Crippen LogP contribution is -2.25. The van der Waals surface area contributed by atoms with E-state index in [9.17, 15) is 31.1 Å². The smallest absolute Gasteiger partial charge is 0.353 e. The van der Waals surface area contributed by atoms with Gasteiger partial charge in [-0.2, -0.15) is 26.3 Å². The lowest BCUT2D eigenvalue weighted by Gasteiger charge is -2.11. The standard InChI is InChI=1S/C18H10F6N2O/c19-17(20,21)10-4-3-5-11(8-10)25-16(18(22,23)24)15-13(9-27)12-6-1-2-7-14(12)26-15/h1-9,26H. The normalized spacial score (nSPS) is 13.2. The highest BCUT2D eigenvalue weighted by Gasteiger charge is 2.40. The van der Waals surface area contributed by atoms with Gasteiger partial charge in [0.25, 0.3) is 0 Å². The molecule has 0 fully saturated rings. The van der Waals surface area contributed by atoms with E-state index in [-0.39, 0.29) is 22.8 Å². The molecule has 1 heterocycles. The number of para-hydroxylation sites is 1. The number of benzene rings is 2. The molecule has 1 N–H and O–H groups in total. The Morgan fingerprint density at radius 1 is 0.963 bits per heavy atom. The number of nitrogens with one attached hydrogen (secondary N) is 1. The number of aromatic nitrogens is 1. The van der Waals surface area contributed by atoms with Crippen LogP contribution in [0.3, 0.4) is 0 Å². The molecule has 2 aromatic carbocycles. The van der Waals surface area contributed by atoms with E-state index in [1.165, 1.54) is 12.1 Å². The van der Waals surface area contributed by atoms with E-state index in [4.69, 9.17) is 0 Å². The number of alkyl halides is 6. The highest BCUT2D eigenvalue weighted by Crippen LogP contribution is 2.34. The maximum atomic E-state index is 13.6. The van der Waals surface area contributed by atoms with Gasteiger partial charge in [-0.3, -0.25) is 4.79 Å². The van der Waals surface area contributed by atoms with Gasteiger partial charge in [0.2, 0.25) is 0 Å². The van der Waals surface area contributed by atoms with Crippen molar-refractivity contribution in [1.82, 2.24) is 4.98 Å². The number of aliphatic imine (C=N–C) groups is 1. The number of nitrogens with zero attached hydrogens (tertiary/aromatic N) is 1. The Bertz CT molecular complexity index is 1030. The molecule has 0 bridgehead atoms. The van der Waals surface area contributed by atoms with Gasteiger partial charge in [-0.1, -0.05) is 24.3 Å². The average molecular weight is 384 g/mol. The number of hydrogen-bond acceptors (Lipinski definition) is 2. The minimum absolute atomic E-state index is 0.252. The maximum absolute atomic E-state index is 13.6. The predicted octanol–water partition coefficient (Wildman–Crippen LogP) is 5.68. The van der Waals surface area contributed by atoms with E-state index in [0.717, 1.165) is 18.2 Å². The second kappa shape index (κ2) is 6.57. The van der Waals surface area contributed by atoms with Crippen LogP contribution in [-0.2, 0) is 6.18 Å². The van der Waals surface area contributed by atoms with Gasteiger partial charge in [-0.05, 0) is 24.3 Å². The number of aromatic amines is 1. The summed E-state index contributed by atoms with van der Waals surface area (Å²) in [5.41, 5.74) is -3.74. The molecule has 0 aliphatic carbocycles. The predicted molar refractivity (Wildman–Crippen MR) is 87.4 cm³/mol. The average Bonchev–Trinajstić information content (AvgIpc) is 2.96. The second-order valence-corrected chi connectivity index (χ2v) is 5.58. The first-order valence-electron chi connectivity index (χ1n) is 7.50. The number of halogens is 6. The first-order chi connectivity index (χ1) is 12.6. The Morgan fingerprint density at radius 3 is 2.30 bits per heavy atom. The van der Waals surface area contributed by atoms with Crippen molar-refractivity contribution in [3.05, 3.63) is 65.4 Å². The van der Waals surface area contributed by atoms with Crippen molar-refractivity contribution in [2.24, 2.45) is 4.99 Å². The van der Waals surface area contributed by atoms with Crippen molar-refractivity contribution < 1.29 is 31.1 Å². The zero-order valence-corrected chi connectivity index (χ0v) is 13.3. The van der Waals surface area contributed by atoms with Gasteiger partial charge in [0.1, 0.15) is 0 Å².